The van der Waals surface area contributed by atoms with Gasteiger partial charge in [-0.1, -0.05) is 192 Å². The Bertz CT molecular complexity index is 1180. The van der Waals surface area contributed by atoms with E-state index in [0.29, 0.717) is 0 Å². The Hall–Kier alpha value is -0.169. The molecule has 0 saturated carbocycles. The number of hydrogen-bond donors (Lipinski definition) is 0. The van der Waals surface area contributed by atoms with Crippen LogP contribution in [0.15, 0.2) is 58.3 Å². The van der Waals surface area contributed by atoms with E-state index in [1.807, 2.05) is 0 Å². The fraction of sp³-hybridized carbons (Fsp3) is 0.714. The van der Waals surface area contributed by atoms with E-state index < -0.39 is 20.2 Å². The van der Waals surface area contributed by atoms with Crippen LogP contribution in [0.25, 0.3) is 0 Å². The molecule has 0 aliphatic carbocycles. The summed E-state index contributed by atoms with van der Waals surface area (Å²) in [6, 6.07) is 12.7. The fourth-order valence-electron chi connectivity index (χ4n) is 6.34. The summed E-state index contributed by atoms with van der Waals surface area (Å²) in [7, 11) is -8.64. The standard InChI is InChI=1S/2C21H36O3S.Ba/c2*1-2-3-4-5-6-7-8-9-10-11-12-13-14-15-20-16-18-21(19-17-20)25(22,23)24;/h2*16-19H,2-15H2,1H3,(H,22,23,24);/q;;+2/p-2. The van der Waals surface area contributed by atoms with Crippen LogP contribution in [0.5, 0.6) is 0 Å². The summed E-state index contributed by atoms with van der Waals surface area (Å²) in [5.74, 6) is 0. The van der Waals surface area contributed by atoms with Crippen molar-refractivity contribution in [1.82, 2.24) is 0 Å². The molecule has 0 atom stereocenters. The third kappa shape index (κ3) is 29.8. The van der Waals surface area contributed by atoms with E-state index in [1.54, 1.807) is 24.3 Å². The average Bonchev–Trinajstić information content (AvgIpc) is 3.09. The molecule has 6 nitrogen and oxygen atoms in total. The smallest absolute Gasteiger partial charge is 0.744 e. The normalized spacial score (nSPS) is 11.5. The number of rotatable bonds is 30. The first-order valence-electron chi connectivity index (χ1n) is 20.2. The Kier molecular flexibility index (Phi) is 33.1. The van der Waals surface area contributed by atoms with Crippen molar-refractivity contribution < 1.29 is 25.9 Å². The molecule has 0 bridgehead atoms. The first-order chi connectivity index (χ1) is 24.1. The zero-order valence-electron chi connectivity index (χ0n) is 32.4. The minimum absolute atomic E-state index is 0. The maximum Gasteiger partial charge on any atom is 2.00 e. The topological polar surface area (TPSA) is 114 Å². The van der Waals surface area contributed by atoms with Crippen LogP contribution in [-0.4, -0.2) is 74.8 Å². The van der Waals surface area contributed by atoms with E-state index in [1.165, 1.54) is 178 Å². The van der Waals surface area contributed by atoms with Gasteiger partial charge in [0.05, 0.1) is 9.79 Å². The van der Waals surface area contributed by atoms with E-state index in [4.69, 9.17) is 0 Å². The minimum atomic E-state index is -4.32. The molecule has 0 unspecified atom stereocenters. The van der Waals surface area contributed by atoms with Crippen molar-refractivity contribution in [3.63, 3.8) is 0 Å². The molecule has 0 N–H and O–H groups in total. The molecule has 0 aliphatic heterocycles. The van der Waals surface area contributed by atoms with Crippen LogP contribution < -0.4 is 0 Å². The zero-order valence-corrected chi connectivity index (χ0v) is 38.5. The van der Waals surface area contributed by atoms with Crippen molar-refractivity contribution in [3.8, 4) is 0 Å². The van der Waals surface area contributed by atoms with Crippen molar-refractivity contribution in [3.05, 3.63) is 59.7 Å². The molecule has 0 amide bonds. The van der Waals surface area contributed by atoms with E-state index in [-0.39, 0.29) is 58.7 Å². The van der Waals surface area contributed by atoms with Gasteiger partial charge in [0.15, 0.2) is 0 Å². The molecular formula is C42H70BaO6S2. The number of benzene rings is 2. The predicted octanol–water partition coefficient (Wildman–Crippen LogP) is 12.1. The summed E-state index contributed by atoms with van der Waals surface area (Å²) in [4.78, 5) is -0.275. The molecule has 2 aromatic carbocycles. The van der Waals surface area contributed by atoms with Crippen molar-refractivity contribution >= 4 is 69.1 Å². The first-order valence-corrected chi connectivity index (χ1v) is 23.0. The molecule has 0 fully saturated rings. The van der Waals surface area contributed by atoms with Gasteiger partial charge in [-0.05, 0) is 61.1 Å². The van der Waals surface area contributed by atoms with Crippen LogP contribution in [0, 0.1) is 0 Å². The van der Waals surface area contributed by atoms with Gasteiger partial charge in [-0.15, -0.1) is 0 Å². The second-order valence-electron chi connectivity index (χ2n) is 14.2. The van der Waals surface area contributed by atoms with E-state index in [9.17, 15) is 25.9 Å². The molecule has 51 heavy (non-hydrogen) atoms. The number of unbranched alkanes of at least 4 members (excludes halogenated alkanes) is 24. The fourth-order valence-corrected chi connectivity index (χ4v) is 7.28. The van der Waals surface area contributed by atoms with E-state index in [2.05, 4.69) is 13.8 Å². The Morgan fingerprint density at radius 3 is 0.745 bits per heavy atom. The third-order valence-electron chi connectivity index (χ3n) is 9.56. The molecule has 0 aromatic heterocycles. The van der Waals surface area contributed by atoms with Gasteiger partial charge in [-0.25, -0.2) is 16.8 Å². The Morgan fingerprint density at radius 1 is 0.353 bits per heavy atom. The van der Waals surface area contributed by atoms with Crippen molar-refractivity contribution in [1.29, 1.82) is 0 Å². The van der Waals surface area contributed by atoms with Crippen LogP contribution in [0.3, 0.4) is 0 Å². The van der Waals surface area contributed by atoms with Crippen LogP contribution >= 0.6 is 0 Å². The third-order valence-corrected chi connectivity index (χ3v) is 11.3. The largest absolute Gasteiger partial charge is 2.00 e. The average molecular weight is 872 g/mol. The molecule has 9 heteroatoms. The molecule has 0 saturated heterocycles. The zero-order chi connectivity index (χ0) is 36.8. The van der Waals surface area contributed by atoms with Crippen LogP contribution in [0.4, 0.5) is 0 Å². The van der Waals surface area contributed by atoms with E-state index in [0.717, 1.165) is 36.8 Å². The van der Waals surface area contributed by atoms with Crippen LogP contribution in [0.2, 0.25) is 0 Å². The molecule has 0 heterocycles. The SMILES string of the molecule is CCCCCCCCCCCCCCCc1ccc(S(=O)(=O)[O-])cc1.CCCCCCCCCCCCCCCc1ccc(S(=O)(=O)[O-])cc1.[Ba+2]. The predicted molar refractivity (Wildman–Crippen MR) is 213 cm³/mol. The van der Waals surface area contributed by atoms with E-state index >= 15 is 0 Å². The maximum absolute atomic E-state index is 10.9. The molecule has 0 spiro atoms. The Balaban J connectivity index is 0.000000962. The molecule has 288 valence electrons. The summed E-state index contributed by atoms with van der Waals surface area (Å²) in [6.45, 7) is 4.52. The second-order valence-corrected chi connectivity index (χ2v) is 16.9. The van der Waals surface area contributed by atoms with Gasteiger partial charge >= 0.3 is 48.9 Å². The monoisotopic (exact) mass is 872 g/mol. The Labute approximate surface area is 354 Å². The summed E-state index contributed by atoms with van der Waals surface area (Å²) in [6.07, 6.45) is 36.7. The van der Waals surface area contributed by atoms with Crippen LogP contribution in [-0.2, 0) is 33.1 Å². The van der Waals surface area contributed by atoms with Gasteiger partial charge in [0.2, 0.25) is 0 Å². The molecule has 2 aromatic rings. The second kappa shape index (κ2) is 33.2. The van der Waals surface area contributed by atoms with Crippen molar-refractivity contribution in [2.75, 3.05) is 0 Å². The molecule has 2 rings (SSSR count). The molecule has 0 radical (unpaired) electrons. The van der Waals surface area contributed by atoms with Gasteiger partial charge < -0.3 is 9.11 Å². The molecular weight excluding hydrogens is 802 g/mol. The summed E-state index contributed by atoms with van der Waals surface area (Å²) in [5.41, 5.74) is 2.21. The number of aryl methyl sites for hydroxylation is 2. The van der Waals surface area contributed by atoms with Crippen molar-refractivity contribution in [2.45, 2.75) is 203 Å². The van der Waals surface area contributed by atoms with Gasteiger partial charge in [-0.3, -0.25) is 0 Å². The van der Waals surface area contributed by atoms with Gasteiger partial charge in [0.25, 0.3) is 0 Å². The Morgan fingerprint density at radius 2 is 0.549 bits per heavy atom. The van der Waals surface area contributed by atoms with Gasteiger partial charge in [0, 0.05) is 0 Å². The first kappa shape index (κ1) is 50.8. The summed E-state index contributed by atoms with van der Waals surface area (Å²) >= 11 is 0. The van der Waals surface area contributed by atoms with Crippen LogP contribution in [0.1, 0.15) is 192 Å². The quantitative estimate of drug-likeness (QED) is 0.0439. The number of hydrogen-bond acceptors (Lipinski definition) is 6. The van der Waals surface area contributed by atoms with Crippen molar-refractivity contribution in [2.24, 2.45) is 0 Å². The van der Waals surface area contributed by atoms with Gasteiger partial charge in [0.1, 0.15) is 20.2 Å². The minimum Gasteiger partial charge on any atom is -0.744 e. The molecule has 0 aliphatic rings. The summed E-state index contributed by atoms with van der Waals surface area (Å²) < 4.78 is 65.2. The summed E-state index contributed by atoms with van der Waals surface area (Å²) in [5, 5.41) is 0. The van der Waals surface area contributed by atoms with Gasteiger partial charge in [-0.2, -0.15) is 0 Å². The maximum atomic E-state index is 10.9.